The second kappa shape index (κ2) is 4.98. The molecule has 0 saturated heterocycles. The van der Waals surface area contributed by atoms with Crippen LogP contribution in [0.15, 0.2) is 15.9 Å². The molecule has 88 valence electrons. The molecule has 1 aromatic rings. The third-order valence-corrected chi connectivity index (χ3v) is 5.12. The van der Waals surface area contributed by atoms with E-state index in [1.54, 1.807) is 11.3 Å². The number of Topliss-reactive ketones (excluding diaryl/α,β-unsaturated/α-hetero) is 1. The van der Waals surface area contributed by atoms with Crippen molar-refractivity contribution in [2.24, 2.45) is 5.73 Å². The number of halogens is 1. The summed E-state index contributed by atoms with van der Waals surface area (Å²) in [5.74, 6) is 0.271. The predicted molar refractivity (Wildman–Crippen MR) is 70.7 cm³/mol. The minimum absolute atomic E-state index is 0.208. The van der Waals surface area contributed by atoms with E-state index in [2.05, 4.69) is 15.9 Å². The Balaban J connectivity index is 1.92. The molecular weight excluding hydrogens is 286 g/mol. The molecule has 1 saturated carbocycles. The fourth-order valence-corrected chi connectivity index (χ4v) is 3.86. The second-order valence-corrected chi connectivity index (χ2v) is 6.51. The third kappa shape index (κ3) is 2.93. The van der Waals surface area contributed by atoms with Crippen molar-refractivity contribution in [3.05, 3.63) is 20.8 Å². The minimum Gasteiger partial charge on any atom is -0.325 e. The quantitative estimate of drug-likeness (QED) is 0.927. The van der Waals surface area contributed by atoms with Gasteiger partial charge in [-0.1, -0.05) is 12.8 Å². The van der Waals surface area contributed by atoms with E-state index < -0.39 is 0 Å². The zero-order valence-corrected chi connectivity index (χ0v) is 11.6. The van der Waals surface area contributed by atoms with Gasteiger partial charge in [0.25, 0.3) is 0 Å². The van der Waals surface area contributed by atoms with Gasteiger partial charge >= 0.3 is 0 Å². The van der Waals surface area contributed by atoms with Gasteiger partial charge in [-0.3, -0.25) is 4.79 Å². The number of hydrogen-bond acceptors (Lipinski definition) is 3. The molecular formula is C12H16BrNOS. The molecule has 1 aliphatic carbocycles. The average molecular weight is 302 g/mol. The number of carbonyl (C=O) groups excluding carboxylic acids is 1. The Kier molecular flexibility index (Phi) is 3.82. The van der Waals surface area contributed by atoms with E-state index in [9.17, 15) is 4.79 Å². The summed E-state index contributed by atoms with van der Waals surface area (Å²) in [6.45, 7) is 0. The number of ketones is 1. The van der Waals surface area contributed by atoms with Gasteiger partial charge in [0.1, 0.15) is 5.78 Å². The van der Waals surface area contributed by atoms with Crippen LogP contribution in [0.25, 0.3) is 0 Å². The first-order chi connectivity index (χ1) is 7.59. The van der Waals surface area contributed by atoms with Gasteiger partial charge in [0.15, 0.2) is 0 Å². The second-order valence-electron chi connectivity index (χ2n) is 4.65. The standard InChI is InChI=1S/C12H16BrNOS/c13-10-3-6-16-11(10)7-9(15)8-12(14)4-1-2-5-12/h3,6H,1-2,4-5,7-8,14H2. The zero-order valence-electron chi connectivity index (χ0n) is 9.17. The average Bonchev–Trinajstić information content (AvgIpc) is 2.77. The van der Waals surface area contributed by atoms with Crippen LogP contribution in [0.2, 0.25) is 0 Å². The smallest absolute Gasteiger partial charge is 0.139 e. The number of nitrogens with two attached hydrogens (primary N) is 1. The van der Waals surface area contributed by atoms with E-state index in [1.807, 2.05) is 11.4 Å². The molecule has 0 aromatic carbocycles. The summed E-state index contributed by atoms with van der Waals surface area (Å²) in [6.07, 6.45) is 5.42. The lowest BCUT2D eigenvalue weighted by Gasteiger charge is -2.22. The first-order valence-corrected chi connectivity index (χ1v) is 7.29. The van der Waals surface area contributed by atoms with E-state index in [0.29, 0.717) is 12.8 Å². The highest BCUT2D eigenvalue weighted by atomic mass is 79.9. The van der Waals surface area contributed by atoms with Gasteiger partial charge < -0.3 is 5.73 Å². The maximum atomic E-state index is 11.9. The molecule has 2 rings (SSSR count). The van der Waals surface area contributed by atoms with E-state index in [1.165, 1.54) is 12.8 Å². The molecule has 0 atom stereocenters. The molecule has 2 N–H and O–H groups in total. The van der Waals surface area contributed by atoms with Crippen molar-refractivity contribution in [2.45, 2.75) is 44.1 Å². The summed E-state index contributed by atoms with van der Waals surface area (Å²) in [5, 5.41) is 2.00. The SMILES string of the molecule is NC1(CC(=O)Cc2sccc2Br)CCCC1. The molecule has 0 unspecified atom stereocenters. The molecule has 0 amide bonds. The Bertz CT molecular complexity index is 382. The first-order valence-electron chi connectivity index (χ1n) is 5.61. The molecule has 2 nitrogen and oxygen atoms in total. The number of hydrogen-bond donors (Lipinski definition) is 1. The summed E-state index contributed by atoms with van der Waals surface area (Å²) in [5.41, 5.74) is 5.99. The Morgan fingerprint density at radius 3 is 2.75 bits per heavy atom. The van der Waals surface area contributed by atoms with Crippen molar-refractivity contribution in [3.63, 3.8) is 0 Å². The number of carbonyl (C=O) groups is 1. The van der Waals surface area contributed by atoms with Crippen molar-refractivity contribution < 1.29 is 4.79 Å². The van der Waals surface area contributed by atoms with Gasteiger partial charge in [-0.05, 0) is 40.2 Å². The zero-order chi connectivity index (χ0) is 11.6. The van der Waals surface area contributed by atoms with Crippen LogP contribution in [0.5, 0.6) is 0 Å². The van der Waals surface area contributed by atoms with Crippen molar-refractivity contribution >= 4 is 33.0 Å². The predicted octanol–water partition coefficient (Wildman–Crippen LogP) is 3.28. The molecule has 1 heterocycles. The van der Waals surface area contributed by atoms with Crippen LogP contribution in [0.4, 0.5) is 0 Å². The summed E-state index contributed by atoms with van der Waals surface area (Å²) in [4.78, 5) is 13.0. The van der Waals surface area contributed by atoms with Gasteiger partial charge in [-0.2, -0.15) is 0 Å². The highest BCUT2D eigenvalue weighted by Crippen LogP contribution is 2.31. The lowest BCUT2D eigenvalue weighted by Crippen LogP contribution is -2.39. The maximum absolute atomic E-state index is 11.9. The van der Waals surface area contributed by atoms with E-state index in [0.717, 1.165) is 22.2 Å². The van der Waals surface area contributed by atoms with Gasteiger partial charge in [0, 0.05) is 27.7 Å². The van der Waals surface area contributed by atoms with Crippen molar-refractivity contribution in [2.75, 3.05) is 0 Å². The largest absolute Gasteiger partial charge is 0.325 e. The Morgan fingerprint density at radius 2 is 2.19 bits per heavy atom. The summed E-state index contributed by atoms with van der Waals surface area (Å²) < 4.78 is 1.04. The Morgan fingerprint density at radius 1 is 1.50 bits per heavy atom. The fourth-order valence-electron chi connectivity index (χ4n) is 2.34. The topological polar surface area (TPSA) is 43.1 Å². The number of thiophene rings is 1. The van der Waals surface area contributed by atoms with E-state index >= 15 is 0 Å². The van der Waals surface area contributed by atoms with Crippen LogP contribution in [0.3, 0.4) is 0 Å². The fraction of sp³-hybridized carbons (Fsp3) is 0.583. The Labute approximate surface area is 108 Å². The number of rotatable bonds is 4. The molecule has 0 radical (unpaired) electrons. The van der Waals surface area contributed by atoms with Crippen LogP contribution < -0.4 is 5.73 Å². The molecule has 1 fully saturated rings. The van der Waals surface area contributed by atoms with Gasteiger partial charge in [0.2, 0.25) is 0 Å². The summed E-state index contributed by atoms with van der Waals surface area (Å²) >= 11 is 5.07. The van der Waals surface area contributed by atoms with Crippen molar-refractivity contribution in [1.82, 2.24) is 0 Å². The Hall–Kier alpha value is -0.190. The molecule has 1 aliphatic rings. The normalized spacial score (nSPS) is 18.9. The van der Waals surface area contributed by atoms with Crippen molar-refractivity contribution in [3.8, 4) is 0 Å². The molecule has 4 heteroatoms. The molecule has 0 spiro atoms. The molecule has 0 bridgehead atoms. The van der Waals surface area contributed by atoms with Gasteiger partial charge in [0.05, 0.1) is 0 Å². The van der Waals surface area contributed by atoms with E-state index in [4.69, 9.17) is 5.73 Å². The lowest BCUT2D eigenvalue weighted by atomic mass is 9.91. The van der Waals surface area contributed by atoms with Gasteiger partial charge in [-0.15, -0.1) is 11.3 Å². The molecule has 0 aliphatic heterocycles. The van der Waals surface area contributed by atoms with E-state index in [-0.39, 0.29) is 11.3 Å². The molecule has 1 aromatic heterocycles. The van der Waals surface area contributed by atoms with Crippen molar-refractivity contribution in [1.29, 1.82) is 0 Å². The van der Waals surface area contributed by atoms with Crippen LogP contribution >= 0.6 is 27.3 Å². The maximum Gasteiger partial charge on any atom is 0.139 e. The third-order valence-electron chi connectivity index (χ3n) is 3.20. The highest BCUT2D eigenvalue weighted by Gasteiger charge is 2.31. The van der Waals surface area contributed by atoms with Crippen LogP contribution in [0.1, 0.15) is 37.0 Å². The highest BCUT2D eigenvalue weighted by molar-refractivity contribution is 9.10. The lowest BCUT2D eigenvalue weighted by molar-refractivity contribution is -0.119. The summed E-state index contributed by atoms with van der Waals surface area (Å²) in [6, 6.07) is 1.99. The van der Waals surface area contributed by atoms with Crippen LogP contribution in [-0.4, -0.2) is 11.3 Å². The molecule has 16 heavy (non-hydrogen) atoms. The first kappa shape index (κ1) is 12.3. The minimum atomic E-state index is -0.208. The van der Waals surface area contributed by atoms with Crippen LogP contribution in [0, 0.1) is 0 Å². The summed E-state index contributed by atoms with van der Waals surface area (Å²) in [7, 11) is 0. The van der Waals surface area contributed by atoms with Crippen LogP contribution in [-0.2, 0) is 11.2 Å². The monoisotopic (exact) mass is 301 g/mol. The van der Waals surface area contributed by atoms with Gasteiger partial charge in [-0.25, -0.2) is 0 Å².